The number of carboxylic acids is 1. The summed E-state index contributed by atoms with van der Waals surface area (Å²) in [6, 6.07) is 12.0. The van der Waals surface area contributed by atoms with Crippen molar-refractivity contribution in [2.75, 3.05) is 11.9 Å². The number of fused-ring (bicyclic) bond motifs is 1. The zero-order chi connectivity index (χ0) is 21.6. The van der Waals surface area contributed by atoms with E-state index in [1.165, 1.54) is 5.56 Å². The fourth-order valence-corrected chi connectivity index (χ4v) is 4.62. The Balaban J connectivity index is 1.39. The molecule has 31 heavy (non-hydrogen) atoms. The van der Waals surface area contributed by atoms with Gasteiger partial charge in [0, 0.05) is 12.1 Å². The number of aliphatic carboxylic acids is 1. The summed E-state index contributed by atoms with van der Waals surface area (Å²) < 4.78 is 5.60. The number of carbonyl (C=O) groups excluding carboxylic acids is 1. The van der Waals surface area contributed by atoms with Gasteiger partial charge in [-0.05, 0) is 84.7 Å². The third-order valence-corrected chi connectivity index (χ3v) is 6.62. The van der Waals surface area contributed by atoms with E-state index in [-0.39, 0.29) is 5.91 Å². The molecule has 2 aliphatic carbocycles. The van der Waals surface area contributed by atoms with E-state index in [4.69, 9.17) is 4.74 Å². The van der Waals surface area contributed by atoms with Gasteiger partial charge in [-0.25, -0.2) is 4.79 Å². The average Bonchev–Trinajstić information content (AvgIpc) is 3.46. The first-order chi connectivity index (χ1) is 15.0. The van der Waals surface area contributed by atoms with Crippen LogP contribution in [0.25, 0.3) is 5.57 Å². The lowest BCUT2D eigenvalue weighted by atomic mass is 9.90. The Hall–Kier alpha value is -3.34. The van der Waals surface area contributed by atoms with Crippen molar-refractivity contribution in [1.82, 2.24) is 0 Å². The minimum atomic E-state index is -0.908. The largest absolute Gasteiger partial charge is 0.493 e. The van der Waals surface area contributed by atoms with Gasteiger partial charge in [-0.15, -0.1) is 0 Å². The molecule has 0 radical (unpaired) electrons. The Morgan fingerprint density at radius 2 is 1.94 bits per heavy atom. The van der Waals surface area contributed by atoms with Gasteiger partial charge in [0.25, 0.3) is 0 Å². The van der Waals surface area contributed by atoms with Gasteiger partial charge in [-0.1, -0.05) is 24.3 Å². The maximum atomic E-state index is 13.3. The number of anilines is 1. The summed E-state index contributed by atoms with van der Waals surface area (Å²) in [5.41, 5.74) is 5.90. The van der Waals surface area contributed by atoms with E-state index in [1.54, 1.807) is 12.2 Å². The van der Waals surface area contributed by atoms with Crippen molar-refractivity contribution in [3.05, 3.63) is 76.4 Å². The number of aryl methyl sites for hydroxylation is 1. The van der Waals surface area contributed by atoms with E-state index in [0.717, 1.165) is 59.4 Å². The highest BCUT2D eigenvalue weighted by molar-refractivity contribution is 6.02. The van der Waals surface area contributed by atoms with Crippen molar-refractivity contribution < 1.29 is 19.4 Å². The fraction of sp³-hybridized carbons (Fsp3) is 0.308. The maximum Gasteiger partial charge on any atom is 0.335 e. The van der Waals surface area contributed by atoms with E-state index >= 15 is 0 Å². The van der Waals surface area contributed by atoms with Crippen LogP contribution in [0.2, 0.25) is 0 Å². The van der Waals surface area contributed by atoms with Gasteiger partial charge < -0.3 is 15.2 Å². The van der Waals surface area contributed by atoms with Gasteiger partial charge in [0.05, 0.1) is 17.6 Å². The summed E-state index contributed by atoms with van der Waals surface area (Å²) >= 11 is 0. The number of allylic oxidation sites excluding steroid dienone is 2. The van der Waals surface area contributed by atoms with Gasteiger partial charge in [0.2, 0.25) is 5.91 Å². The van der Waals surface area contributed by atoms with Crippen LogP contribution in [-0.4, -0.2) is 23.6 Å². The normalized spacial score (nSPS) is 18.4. The van der Waals surface area contributed by atoms with E-state index < -0.39 is 11.4 Å². The third kappa shape index (κ3) is 3.54. The van der Waals surface area contributed by atoms with Crippen molar-refractivity contribution in [2.45, 2.75) is 44.4 Å². The lowest BCUT2D eigenvalue weighted by molar-refractivity contribution is -0.132. The van der Waals surface area contributed by atoms with Crippen LogP contribution in [0.15, 0.2) is 54.1 Å². The fourth-order valence-electron chi connectivity index (χ4n) is 4.62. The first-order valence-electron chi connectivity index (χ1n) is 10.8. The average molecular weight is 415 g/mol. The molecule has 0 spiro atoms. The van der Waals surface area contributed by atoms with Gasteiger partial charge in [-0.3, -0.25) is 4.79 Å². The Morgan fingerprint density at radius 3 is 2.71 bits per heavy atom. The van der Waals surface area contributed by atoms with Crippen LogP contribution >= 0.6 is 0 Å². The molecule has 0 aromatic heterocycles. The van der Waals surface area contributed by atoms with E-state index in [1.807, 2.05) is 37.3 Å². The second-order valence-corrected chi connectivity index (χ2v) is 8.66. The van der Waals surface area contributed by atoms with Crippen molar-refractivity contribution in [3.8, 4) is 5.75 Å². The van der Waals surface area contributed by atoms with Crippen LogP contribution in [0.1, 0.15) is 47.9 Å². The third-order valence-electron chi connectivity index (χ3n) is 6.62. The minimum absolute atomic E-state index is 0.0184. The van der Waals surface area contributed by atoms with Crippen molar-refractivity contribution >= 4 is 23.1 Å². The molecule has 0 unspecified atom stereocenters. The summed E-state index contributed by atoms with van der Waals surface area (Å²) in [7, 11) is 0. The number of ether oxygens (including phenoxy) is 1. The van der Waals surface area contributed by atoms with E-state index in [0.29, 0.717) is 18.6 Å². The number of nitrogens with one attached hydrogen (secondary N) is 1. The molecule has 1 aliphatic heterocycles. The monoisotopic (exact) mass is 415 g/mol. The molecule has 0 atom stereocenters. The predicted molar refractivity (Wildman–Crippen MR) is 119 cm³/mol. The molecule has 2 N–H and O–H groups in total. The quantitative estimate of drug-likeness (QED) is 0.736. The van der Waals surface area contributed by atoms with Crippen molar-refractivity contribution in [1.29, 1.82) is 0 Å². The van der Waals surface area contributed by atoms with Gasteiger partial charge in [0.15, 0.2) is 0 Å². The second-order valence-electron chi connectivity index (χ2n) is 8.66. The lowest BCUT2D eigenvalue weighted by Crippen LogP contribution is -2.28. The first-order valence-corrected chi connectivity index (χ1v) is 10.8. The minimum Gasteiger partial charge on any atom is -0.493 e. The highest BCUT2D eigenvalue weighted by Crippen LogP contribution is 2.50. The number of carboxylic acid groups (broad SMARTS) is 1. The molecule has 1 heterocycles. The molecule has 0 bridgehead atoms. The molecule has 3 aliphatic rings. The van der Waals surface area contributed by atoms with Crippen LogP contribution in [-0.2, 0) is 21.4 Å². The molecule has 1 fully saturated rings. The number of carbonyl (C=O) groups is 2. The predicted octanol–water partition coefficient (Wildman–Crippen LogP) is 4.79. The zero-order valence-electron chi connectivity index (χ0n) is 17.5. The van der Waals surface area contributed by atoms with Gasteiger partial charge in [0.1, 0.15) is 5.75 Å². The maximum absolute atomic E-state index is 13.3. The summed E-state index contributed by atoms with van der Waals surface area (Å²) in [4.78, 5) is 24.6. The van der Waals surface area contributed by atoms with Gasteiger partial charge >= 0.3 is 5.97 Å². The molecule has 5 rings (SSSR count). The summed E-state index contributed by atoms with van der Waals surface area (Å²) in [5, 5.41) is 12.5. The number of amides is 1. The summed E-state index contributed by atoms with van der Waals surface area (Å²) in [5.74, 6) is 0.0401. The molecule has 2 aromatic rings. The number of rotatable bonds is 5. The highest BCUT2D eigenvalue weighted by atomic mass is 16.5. The van der Waals surface area contributed by atoms with Crippen LogP contribution in [0, 0.1) is 6.92 Å². The van der Waals surface area contributed by atoms with Gasteiger partial charge in [-0.2, -0.15) is 0 Å². The lowest BCUT2D eigenvalue weighted by Gasteiger charge is -2.19. The second kappa shape index (κ2) is 7.41. The molecular formula is C26H25NO4. The molecular weight excluding hydrogens is 390 g/mol. The van der Waals surface area contributed by atoms with Crippen LogP contribution in [0.4, 0.5) is 5.69 Å². The molecule has 5 nitrogen and oxygen atoms in total. The highest BCUT2D eigenvalue weighted by Gasteiger charge is 2.51. The van der Waals surface area contributed by atoms with E-state index in [9.17, 15) is 14.7 Å². The Kier molecular flexibility index (Phi) is 4.69. The molecule has 0 saturated heterocycles. The molecule has 5 heteroatoms. The van der Waals surface area contributed by atoms with E-state index in [2.05, 4.69) is 11.4 Å². The van der Waals surface area contributed by atoms with Crippen LogP contribution in [0.3, 0.4) is 0 Å². The van der Waals surface area contributed by atoms with Crippen molar-refractivity contribution in [2.24, 2.45) is 0 Å². The Bertz CT molecular complexity index is 1150. The first kappa shape index (κ1) is 19.6. The molecule has 2 aromatic carbocycles. The number of hydrogen-bond donors (Lipinski definition) is 2. The number of benzene rings is 2. The standard InChI is InChI=1S/C26H25NO4/c1-16-5-7-21(15-22(16)17-3-2-4-19(13-17)24(28)29)27-25(30)26(10-11-26)20-6-8-23-18(14-20)9-12-31-23/h4-8,13-15H,2-3,9-12H2,1H3,(H,27,30)(H,28,29). The zero-order valence-corrected chi connectivity index (χ0v) is 17.5. The number of hydrogen-bond acceptors (Lipinski definition) is 3. The SMILES string of the molecule is Cc1ccc(NC(=O)C2(c3ccc4c(c3)CCO4)CC2)cc1C1=CC(C(=O)O)=CCC1. The smallest absolute Gasteiger partial charge is 0.335 e. The molecule has 158 valence electrons. The molecule has 1 amide bonds. The van der Waals surface area contributed by atoms with Crippen LogP contribution in [0.5, 0.6) is 5.75 Å². The van der Waals surface area contributed by atoms with Crippen LogP contribution < -0.4 is 10.1 Å². The summed E-state index contributed by atoms with van der Waals surface area (Å²) in [6.07, 6.45) is 7.57. The molecule has 1 saturated carbocycles. The summed E-state index contributed by atoms with van der Waals surface area (Å²) in [6.45, 7) is 2.72. The Labute approximate surface area is 181 Å². The Morgan fingerprint density at radius 1 is 1.10 bits per heavy atom. The van der Waals surface area contributed by atoms with Crippen molar-refractivity contribution in [3.63, 3.8) is 0 Å². The topological polar surface area (TPSA) is 75.6 Å².